The van der Waals surface area contributed by atoms with Crippen molar-refractivity contribution in [1.29, 1.82) is 0 Å². The summed E-state index contributed by atoms with van der Waals surface area (Å²) in [4.78, 5) is 26.8. The molecular weight excluding hydrogens is 527 g/mol. The van der Waals surface area contributed by atoms with Gasteiger partial charge in [-0.05, 0) is 62.9 Å². The van der Waals surface area contributed by atoms with Crippen molar-refractivity contribution in [3.8, 4) is 11.5 Å². The highest BCUT2D eigenvalue weighted by atomic mass is 35.5. The second kappa shape index (κ2) is 8.42. The Hall–Kier alpha value is -1.67. The fourth-order valence-electron chi connectivity index (χ4n) is 6.15. The Labute approximate surface area is 225 Å². The van der Waals surface area contributed by atoms with Crippen molar-refractivity contribution in [2.75, 3.05) is 0 Å². The quantitative estimate of drug-likeness (QED) is 0.269. The molecule has 7 nitrogen and oxygen atoms in total. The Balaban J connectivity index is 2.06. The van der Waals surface area contributed by atoms with Crippen molar-refractivity contribution in [3.05, 3.63) is 28.8 Å². The number of Topliss-reactive ketones (excluding diaryl/α,β-unsaturated/α-hetero) is 2. The van der Waals surface area contributed by atoms with Crippen molar-refractivity contribution < 1.29 is 30.1 Å². The summed E-state index contributed by atoms with van der Waals surface area (Å²) in [6.45, 7) is 13.1. The zero-order valence-electron chi connectivity index (χ0n) is 21.0. The van der Waals surface area contributed by atoms with E-state index in [1.165, 1.54) is 6.92 Å². The van der Waals surface area contributed by atoms with Crippen LogP contribution in [-0.4, -0.2) is 48.6 Å². The Morgan fingerprint density at radius 2 is 1.69 bits per heavy atom. The Morgan fingerprint density at radius 1 is 1.08 bits per heavy atom. The molecule has 2 fully saturated rings. The number of alkyl halides is 3. The predicted molar refractivity (Wildman–Crippen MR) is 138 cm³/mol. The number of carbonyl (C=O) groups is 2. The molecule has 0 amide bonds. The second-order valence-electron chi connectivity index (χ2n) is 11.5. The lowest BCUT2D eigenvalue weighted by atomic mass is 9.56. The van der Waals surface area contributed by atoms with Gasteiger partial charge in [-0.25, -0.2) is 0 Å². The highest BCUT2D eigenvalue weighted by Gasteiger charge is 2.72. The zero-order valence-corrected chi connectivity index (χ0v) is 23.3. The zero-order chi connectivity index (χ0) is 27.2. The first-order valence-corrected chi connectivity index (χ1v) is 13.2. The van der Waals surface area contributed by atoms with Gasteiger partial charge in [-0.3, -0.25) is 9.59 Å². The van der Waals surface area contributed by atoms with E-state index in [9.17, 15) is 19.8 Å². The summed E-state index contributed by atoms with van der Waals surface area (Å²) in [7, 11) is 0. The van der Waals surface area contributed by atoms with E-state index in [0.29, 0.717) is 6.42 Å². The first-order valence-electron chi connectivity index (χ1n) is 11.9. The van der Waals surface area contributed by atoms with Crippen LogP contribution in [-0.2, 0) is 4.74 Å². The number of allylic oxidation sites excluding steroid dienone is 1. The van der Waals surface area contributed by atoms with E-state index in [1.807, 2.05) is 13.8 Å². The monoisotopic (exact) mass is 557 g/mol. The number of carbonyl (C=O) groups excluding carboxylic acids is 2. The number of benzene rings is 1. The molecule has 0 aromatic heterocycles. The molecule has 0 radical (unpaired) electrons. The molecule has 2 aliphatic carbocycles. The number of ether oxygens (including phenoxy) is 1. The minimum absolute atomic E-state index is 0.00200. The van der Waals surface area contributed by atoms with Crippen molar-refractivity contribution in [1.82, 2.24) is 0 Å². The second-order valence-corrected chi connectivity index (χ2v) is 13.2. The molecule has 3 aliphatic rings. The van der Waals surface area contributed by atoms with Crippen molar-refractivity contribution in [2.24, 2.45) is 16.4 Å². The lowest BCUT2D eigenvalue weighted by Crippen LogP contribution is -2.73. The van der Waals surface area contributed by atoms with Crippen LogP contribution in [0.2, 0.25) is 0 Å². The van der Waals surface area contributed by atoms with Gasteiger partial charge in [-0.15, -0.1) is 34.8 Å². The van der Waals surface area contributed by atoms with Crippen molar-refractivity contribution in [3.63, 3.8) is 0 Å². The minimum Gasteiger partial charge on any atom is -0.507 e. The lowest BCUT2D eigenvalue weighted by Gasteiger charge is -2.59. The van der Waals surface area contributed by atoms with Gasteiger partial charge in [-0.2, -0.15) is 5.53 Å². The van der Waals surface area contributed by atoms with Gasteiger partial charge in [0.15, 0.2) is 28.6 Å². The minimum atomic E-state index is -1.94. The van der Waals surface area contributed by atoms with Crippen molar-refractivity contribution >= 4 is 52.1 Å². The largest absolute Gasteiger partial charge is 0.507 e. The number of hydrogen-bond acceptors (Lipinski definition) is 6. The van der Waals surface area contributed by atoms with Crippen LogP contribution in [0.1, 0.15) is 79.7 Å². The standard InChI is InChI=1S/C26H31Cl3N2O5/c1-11-7-8-14(27)23(3,4)13(11)9-26-22(35)16-17(19(32)12(2)20(33)18(16)31-30)21(34)25(26,29)10-15(28)24(5,6)36-26/h13-15,30,32-33H,1,7-10H2,2-6H3/p+1/t13-,14+,15-,25+,26-/m1/s1. The van der Waals surface area contributed by atoms with E-state index in [4.69, 9.17) is 45.1 Å². The number of phenols is 2. The van der Waals surface area contributed by atoms with Crippen LogP contribution in [0.15, 0.2) is 17.3 Å². The Morgan fingerprint density at radius 3 is 2.28 bits per heavy atom. The molecule has 0 unspecified atom stereocenters. The van der Waals surface area contributed by atoms with Crippen LogP contribution < -0.4 is 5.53 Å². The molecule has 36 heavy (non-hydrogen) atoms. The third kappa shape index (κ3) is 3.42. The fourth-order valence-corrected chi connectivity index (χ4v) is 7.21. The van der Waals surface area contributed by atoms with Gasteiger partial charge in [0, 0.05) is 10.9 Å². The Kier molecular flexibility index (Phi) is 6.40. The molecule has 5 atom stereocenters. The van der Waals surface area contributed by atoms with Crippen LogP contribution >= 0.6 is 34.8 Å². The van der Waals surface area contributed by atoms with Crippen LogP contribution in [0, 0.1) is 18.3 Å². The molecule has 1 saturated carbocycles. The molecule has 1 aromatic rings. The Bertz CT molecular complexity index is 1210. The smallest absolute Gasteiger partial charge is 0.200 e. The summed E-state index contributed by atoms with van der Waals surface area (Å²) in [6, 6.07) is 0. The summed E-state index contributed by atoms with van der Waals surface area (Å²) in [5, 5.41) is 24.3. The van der Waals surface area contributed by atoms with E-state index < -0.39 is 49.9 Å². The molecule has 196 valence electrons. The number of phenolic OH excluding ortho intramolecular Hbond substituents is 2. The normalized spacial score (nSPS) is 35.2. The number of aromatic hydroxyl groups is 2. The predicted octanol–water partition coefficient (Wildman–Crippen LogP) is 5.14. The maximum Gasteiger partial charge on any atom is 0.200 e. The van der Waals surface area contributed by atoms with E-state index >= 15 is 0 Å². The van der Waals surface area contributed by atoms with Crippen LogP contribution in [0.3, 0.4) is 0 Å². The molecule has 1 aromatic carbocycles. The van der Waals surface area contributed by atoms with Gasteiger partial charge in [0.1, 0.15) is 10.6 Å². The third-order valence-electron chi connectivity index (χ3n) is 8.67. The molecule has 0 bridgehead atoms. The van der Waals surface area contributed by atoms with Crippen LogP contribution in [0.4, 0.5) is 5.69 Å². The molecule has 1 aliphatic heterocycles. The number of nitrogens with zero attached hydrogens (tertiary/aromatic N) is 1. The SMILES string of the molecule is C=C1CC[C@H](Cl)C(C)(C)[C@@H]1C[C@]12OC(C)(C)[C@H](Cl)C[C@]1(Cl)C(=O)c1c(O)c(C)c(O)c(N=[NH2+])c1C2=O. The first kappa shape index (κ1) is 27.4. The lowest BCUT2D eigenvalue weighted by molar-refractivity contribution is -0.210. The van der Waals surface area contributed by atoms with Gasteiger partial charge < -0.3 is 14.9 Å². The van der Waals surface area contributed by atoms with Crippen molar-refractivity contribution in [2.45, 2.75) is 87.1 Å². The van der Waals surface area contributed by atoms with Crippen LogP contribution in [0.25, 0.3) is 0 Å². The van der Waals surface area contributed by atoms with Gasteiger partial charge in [0.05, 0.1) is 22.1 Å². The highest BCUT2D eigenvalue weighted by Crippen LogP contribution is 2.61. The van der Waals surface area contributed by atoms with E-state index in [-0.39, 0.29) is 46.5 Å². The summed E-state index contributed by atoms with van der Waals surface area (Å²) in [6.07, 6.45) is 1.29. The molecule has 1 heterocycles. The maximum atomic E-state index is 14.6. The average molecular weight is 559 g/mol. The third-order valence-corrected chi connectivity index (χ3v) is 10.8. The highest BCUT2D eigenvalue weighted by molar-refractivity contribution is 6.46. The summed E-state index contributed by atoms with van der Waals surface area (Å²) in [5.74, 6) is -2.81. The number of ketones is 2. The average Bonchev–Trinajstić information content (AvgIpc) is 2.79. The fraction of sp³-hybridized carbons (Fsp3) is 0.615. The van der Waals surface area contributed by atoms with E-state index in [1.54, 1.807) is 13.8 Å². The number of rotatable bonds is 3. The number of hydrogen-bond donors (Lipinski definition) is 3. The van der Waals surface area contributed by atoms with E-state index in [2.05, 4.69) is 11.7 Å². The van der Waals surface area contributed by atoms with E-state index in [0.717, 1.165) is 12.0 Å². The number of fused-ring (bicyclic) bond motifs is 2. The number of nitrogens with two attached hydrogens (primary N) is 1. The molecular formula is C26H32Cl3N2O5+. The van der Waals surface area contributed by atoms with Gasteiger partial charge in [0.2, 0.25) is 0 Å². The number of halogens is 3. The molecule has 0 spiro atoms. The topological polar surface area (TPSA) is 122 Å². The first-order chi connectivity index (χ1) is 16.5. The molecule has 4 rings (SSSR count). The van der Waals surface area contributed by atoms with Gasteiger partial charge >= 0.3 is 0 Å². The summed E-state index contributed by atoms with van der Waals surface area (Å²) >= 11 is 20.6. The maximum absolute atomic E-state index is 14.6. The molecule has 10 heteroatoms. The van der Waals surface area contributed by atoms with Crippen LogP contribution in [0.5, 0.6) is 11.5 Å². The van der Waals surface area contributed by atoms with Gasteiger partial charge in [0.25, 0.3) is 0 Å². The summed E-state index contributed by atoms with van der Waals surface area (Å²) in [5.41, 5.74) is 1.99. The molecule has 4 N–H and O–H groups in total. The summed E-state index contributed by atoms with van der Waals surface area (Å²) < 4.78 is 6.55. The van der Waals surface area contributed by atoms with Gasteiger partial charge in [-0.1, -0.05) is 26.0 Å². The molecule has 1 saturated heterocycles.